The molecule has 0 bridgehead atoms. The normalized spacial score (nSPS) is 15.0. The van der Waals surface area contributed by atoms with E-state index >= 15 is 0 Å². The first-order valence-corrected chi connectivity index (χ1v) is 8.19. The van der Waals surface area contributed by atoms with Crippen LogP contribution in [0.1, 0.15) is 18.4 Å². The molecule has 2 heterocycles. The Balaban J connectivity index is 1.48. The molecule has 130 valence electrons. The molecule has 1 aromatic carbocycles. The zero-order valence-electron chi connectivity index (χ0n) is 13.7. The lowest BCUT2D eigenvalue weighted by Gasteiger charge is -2.32. The number of carbonyl (C=O) groups excluding carboxylic acids is 1. The van der Waals surface area contributed by atoms with Gasteiger partial charge in [-0.15, -0.1) is 0 Å². The Kier molecular flexibility index (Phi) is 5.23. The number of piperidine rings is 1. The van der Waals surface area contributed by atoms with Crippen molar-refractivity contribution >= 4 is 11.6 Å². The summed E-state index contributed by atoms with van der Waals surface area (Å²) < 4.78 is 5.87. The summed E-state index contributed by atoms with van der Waals surface area (Å²) in [6, 6.07) is 9.79. The number of hydrogen-bond donors (Lipinski definition) is 0. The summed E-state index contributed by atoms with van der Waals surface area (Å²) in [4.78, 5) is 28.4. The van der Waals surface area contributed by atoms with Crippen LogP contribution in [0.4, 0.5) is 5.69 Å². The minimum Gasteiger partial charge on any atom is -0.490 e. The van der Waals surface area contributed by atoms with Crippen molar-refractivity contribution in [2.45, 2.75) is 25.4 Å². The highest BCUT2D eigenvalue weighted by Crippen LogP contribution is 2.22. The second-order valence-electron chi connectivity index (χ2n) is 5.98. The van der Waals surface area contributed by atoms with E-state index in [0.29, 0.717) is 25.3 Å². The van der Waals surface area contributed by atoms with Gasteiger partial charge in [-0.05, 0) is 29.8 Å². The number of rotatable bonds is 5. The molecule has 1 saturated heterocycles. The quantitative estimate of drug-likeness (QED) is 0.616. The van der Waals surface area contributed by atoms with Gasteiger partial charge in [0.15, 0.2) is 0 Å². The first-order chi connectivity index (χ1) is 12.1. The summed E-state index contributed by atoms with van der Waals surface area (Å²) in [7, 11) is 0. The number of nitrogens with zero attached hydrogens (tertiary/aromatic N) is 3. The average Bonchev–Trinajstić information content (AvgIpc) is 2.63. The number of benzene rings is 1. The highest BCUT2D eigenvalue weighted by atomic mass is 16.6. The molecule has 0 atom stereocenters. The molecule has 7 heteroatoms. The number of carbonyl (C=O) groups is 1. The van der Waals surface area contributed by atoms with E-state index in [4.69, 9.17) is 4.74 Å². The molecule has 1 aliphatic heterocycles. The van der Waals surface area contributed by atoms with Crippen LogP contribution in [0.15, 0.2) is 48.8 Å². The first-order valence-electron chi connectivity index (χ1n) is 8.19. The molecule has 0 spiro atoms. The number of pyridine rings is 1. The molecule has 0 N–H and O–H groups in total. The largest absolute Gasteiger partial charge is 0.490 e. The third kappa shape index (κ3) is 4.53. The zero-order chi connectivity index (χ0) is 17.6. The first kappa shape index (κ1) is 16.9. The summed E-state index contributed by atoms with van der Waals surface area (Å²) in [6.07, 6.45) is 5.28. The predicted octanol–water partition coefficient (Wildman–Crippen LogP) is 2.60. The standard InChI is InChI=1S/C18H19N3O4/c22-18(13-14-5-9-19-10-6-14)20-11-7-17(8-12-20)25-16-3-1-15(2-4-16)21(23)24/h1-6,9-10,17H,7-8,11-13H2. The maximum absolute atomic E-state index is 12.3. The van der Waals surface area contributed by atoms with Gasteiger partial charge in [0.05, 0.1) is 11.3 Å². The summed E-state index contributed by atoms with van der Waals surface area (Å²) >= 11 is 0. The van der Waals surface area contributed by atoms with Gasteiger partial charge >= 0.3 is 0 Å². The SMILES string of the molecule is O=C(Cc1ccncc1)N1CCC(Oc2ccc([N+](=O)[O-])cc2)CC1. The molecule has 1 amide bonds. The van der Waals surface area contributed by atoms with E-state index in [9.17, 15) is 14.9 Å². The van der Waals surface area contributed by atoms with Gasteiger partial charge < -0.3 is 9.64 Å². The van der Waals surface area contributed by atoms with Crippen LogP contribution in [0, 0.1) is 10.1 Å². The number of nitro benzene ring substituents is 1. The number of ether oxygens (including phenoxy) is 1. The Bertz CT molecular complexity index is 726. The van der Waals surface area contributed by atoms with Crippen LogP contribution in [0.25, 0.3) is 0 Å². The molecule has 0 aliphatic carbocycles. The van der Waals surface area contributed by atoms with E-state index in [1.165, 1.54) is 12.1 Å². The second-order valence-corrected chi connectivity index (χ2v) is 5.98. The molecule has 0 radical (unpaired) electrons. The fourth-order valence-corrected chi connectivity index (χ4v) is 2.85. The highest BCUT2D eigenvalue weighted by molar-refractivity contribution is 5.78. The van der Waals surface area contributed by atoms with E-state index in [1.54, 1.807) is 24.5 Å². The van der Waals surface area contributed by atoms with Crippen LogP contribution in [-0.2, 0) is 11.2 Å². The van der Waals surface area contributed by atoms with E-state index in [0.717, 1.165) is 18.4 Å². The topological polar surface area (TPSA) is 85.6 Å². The second kappa shape index (κ2) is 7.74. The van der Waals surface area contributed by atoms with Gasteiger partial charge in [0, 0.05) is 50.5 Å². The lowest BCUT2D eigenvalue weighted by atomic mass is 10.1. The van der Waals surface area contributed by atoms with Crippen molar-refractivity contribution in [3.63, 3.8) is 0 Å². The summed E-state index contributed by atoms with van der Waals surface area (Å²) in [5, 5.41) is 10.7. The molecular weight excluding hydrogens is 322 g/mol. The maximum Gasteiger partial charge on any atom is 0.269 e. The number of non-ortho nitro benzene ring substituents is 1. The lowest BCUT2D eigenvalue weighted by Crippen LogP contribution is -2.42. The number of hydrogen-bond acceptors (Lipinski definition) is 5. The van der Waals surface area contributed by atoms with Crippen LogP contribution in [0.2, 0.25) is 0 Å². The van der Waals surface area contributed by atoms with Crippen LogP contribution >= 0.6 is 0 Å². The van der Waals surface area contributed by atoms with Gasteiger partial charge in [-0.1, -0.05) is 0 Å². The number of aromatic nitrogens is 1. The fraction of sp³-hybridized carbons (Fsp3) is 0.333. The molecule has 1 fully saturated rings. The van der Waals surface area contributed by atoms with Crippen LogP contribution in [-0.4, -0.2) is 39.9 Å². The van der Waals surface area contributed by atoms with Crippen LogP contribution in [0.3, 0.4) is 0 Å². The monoisotopic (exact) mass is 341 g/mol. The van der Waals surface area contributed by atoms with Crippen molar-refractivity contribution in [1.82, 2.24) is 9.88 Å². The van der Waals surface area contributed by atoms with Crippen molar-refractivity contribution in [2.75, 3.05) is 13.1 Å². The van der Waals surface area contributed by atoms with E-state index < -0.39 is 4.92 Å². The highest BCUT2D eigenvalue weighted by Gasteiger charge is 2.24. The Morgan fingerprint density at radius 1 is 1.16 bits per heavy atom. The Hall–Kier alpha value is -2.96. The zero-order valence-corrected chi connectivity index (χ0v) is 13.7. The molecule has 1 aromatic heterocycles. The van der Waals surface area contributed by atoms with Crippen molar-refractivity contribution < 1.29 is 14.5 Å². The Labute approximate surface area is 145 Å². The maximum atomic E-state index is 12.3. The van der Waals surface area contributed by atoms with Gasteiger partial charge in [0.1, 0.15) is 11.9 Å². The van der Waals surface area contributed by atoms with Gasteiger partial charge in [-0.25, -0.2) is 0 Å². The summed E-state index contributed by atoms with van der Waals surface area (Å²) in [6.45, 7) is 1.31. The minimum absolute atomic E-state index is 0.0198. The van der Waals surface area contributed by atoms with E-state index in [1.807, 2.05) is 17.0 Å². The van der Waals surface area contributed by atoms with E-state index in [2.05, 4.69) is 4.98 Å². The van der Waals surface area contributed by atoms with Gasteiger partial charge in [-0.3, -0.25) is 19.9 Å². The molecule has 25 heavy (non-hydrogen) atoms. The number of amides is 1. The molecule has 3 rings (SSSR count). The molecule has 7 nitrogen and oxygen atoms in total. The fourth-order valence-electron chi connectivity index (χ4n) is 2.85. The number of nitro groups is 1. The average molecular weight is 341 g/mol. The molecule has 1 aliphatic rings. The smallest absolute Gasteiger partial charge is 0.269 e. The predicted molar refractivity (Wildman–Crippen MR) is 91.3 cm³/mol. The Morgan fingerprint density at radius 3 is 2.40 bits per heavy atom. The van der Waals surface area contributed by atoms with Crippen LogP contribution in [0.5, 0.6) is 5.75 Å². The molecular formula is C18H19N3O4. The van der Waals surface area contributed by atoms with Crippen LogP contribution < -0.4 is 4.74 Å². The Morgan fingerprint density at radius 2 is 1.80 bits per heavy atom. The summed E-state index contributed by atoms with van der Waals surface area (Å²) in [5.41, 5.74) is 1.01. The van der Waals surface area contributed by atoms with Crippen molar-refractivity contribution in [3.8, 4) is 5.75 Å². The number of likely N-dealkylation sites (tertiary alicyclic amines) is 1. The van der Waals surface area contributed by atoms with Gasteiger partial charge in [0.25, 0.3) is 5.69 Å². The van der Waals surface area contributed by atoms with Crippen molar-refractivity contribution in [2.24, 2.45) is 0 Å². The molecule has 2 aromatic rings. The lowest BCUT2D eigenvalue weighted by molar-refractivity contribution is -0.384. The van der Waals surface area contributed by atoms with Crippen molar-refractivity contribution in [3.05, 3.63) is 64.5 Å². The molecule has 0 saturated carbocycles. The molecule has 0 unspecified atom stereocenters. The van der Waals surface area contributed by atoms with Gasteiger partial charge in [-0.2, -0.15) is 0 Å². The summed E-state index contributed by atoms with van der Waals surface area (Å²) in [5.74, 6) is 0.729. The third-order valence-electron chi connectivity index (χ3n) is 4.25. The van der Waals surface area contributed by atoms with Gasteiger partial charge in [0.2, 0.25) is 5.91 Å². The van der Waals surface area contributed by atoms with E-state index in [-0.39, 0.29) is 17.7 Å². The minimum atomic E-state index is -0.434. The third-order valence-corrected chi connectivity index (χ3v) is 4.25. The van der Waals surface area contributed by atoms with Crippen molar-refractivity contribution in [1.29, 1.82) is 0 Å².